The number of nitrogens with zero attached hydrogens (tertiary/aromatic N) is 6. The number of aryl methyl sites for hydroxylation is 1. The van der Waals surface area contributed by atoms with Crippen LogP contribution in [0.2, 0.25) is 0 Å². The smallest absolute Gasteiger partial charge is 0.197 e. The molecule has 0 bridgehead atoms. The monoisotopic (exact) mass is 392 g/mol. The van der Waals surface area contributed by atoms with Crippen molar-refractivity contribution in [2.75, 3.05) is 0 Å². The predicted molar refractivity (Wildman–Crippen MR) is 105 cm³/mol. The van der Waals surface area contributed by atoms with Crippen molar-refractivity contribution in [2.45, 2.75) is 24.0 Å². The van der Waals surface area contributed by atoms with Crippen molar-refractivity contribution in [3.8, 4) is 22.8 Å². The summed E-state index contributed by atoms with van der Waals surface area (Å²) >= 11 is 1.38. The van der Waals surface area contributed by atoms with E-state index in [0.29, 0.717) is 22.4 Å². The van der Waals surface area contributed by atoms with Crippen LogP contribution in [-0.4, -0.2) is 29.7 Å². The summed E-state index contributed by atoms with van der Waals surface area (Å²) in [4.78, 5) is 13.4. The van der Waals surface area contributed by atoms with Crippen molar-refractivity contribution in [1.82, 2.24) is 29.7 Å². The highest BCUT2D eigenvalue weighted by Crippen LogP contribution is 2.32. The molecule has 4 aromatic rings. The zero-order valence-electron chi connectivity index (χ0n) is 15.6. The summed E-state index contributed by atoms with van der Waals surface area (Å²) in [6.07, 6.45) is 3.45. The maximum Gasteiger partial charge on any atom is 0.197 e. The Bertz CT molecular complexity index is 1140. The van der Waals surface area contributed by atoms with Gasteiger partial charge in [0, 0.05) is 36.3 Å². The number of benzene rings is 1. The first-order valence-corrected chi connectivity index (χ1v) is 9.44. The van der Waals surface area contributed by atoms with E-state index in [-0.39, 0.29) is 5.82 Å². The fraction of sp³-hybridized carbons (Fsp3) is 0.150. The number of pyridine rings is 1. The molecule has 0 saturated carbocycles. The SMILES string of the molecule is Cc1nc(-c2cccnc2)nc(Sc2nnc(-c3ccccc3F)n2C)c1C. The van der Waals surface area contributed by atoms with Crippen molar-refractivity contribution < 1.29 is 4.39 Å². The van der Waals surface area contributed by atoms with Gasteiger partial charge in [0.25, 0.3) is 0 Å². The van der Waals surface area contributed by atoms with E-state index in [0.717, 1.165) is 21.8 Å². The lowest BCUT2D eigenvalue weighted by Gasteiger charge is -2.10. The molecule has 3 aromatic heterocycles. The first kappa shape index (κ1) is 18.2. The van der Waals surface area contributed by atoms with Crippen molar-refractivity contribution in [3.05, 3.63) is 65.9 Å². The molecule has 0 aliphatic carbocycles. The molecule has 0 atom stereocenters. The van der Waals surface area contributed by atoms with Gasteiger partial charge in [-0.25, -0.2) is 14.4 Å². The molecular formula is C20H17FN6S. The van der Waals surface area contributed by atoms with E-state index >= 15 is 0 Å². The highest BCUT2D eigenvalue weighted by molar-refractivity contribution is 7.99. The minimum Gasteiger partial charge on any atom is -0.305 e. The van der Waals surface area contributed by atoms with Crippen molar-refractivity contribution in [3.63, 3.8) is 0 Å². The molecule has 3 heterocycles. The van der Waals surface area contributed by atoms with Gasteiger partial charge in [-0.2, -0.15) is 0 Å². The number of hydrogen-bond acceptors (Lipinski definition) is 6. The minimum atomic E-state index is -0.331. The molecule has 0 spiro atoms. The third-order valence-corrected chi connectivity index (χ3v) is 5.53. The van der Waals surface area contributed by atoms with Gasteiger partial charge in [0.15, 0.2) is 16.8 Å². The van der Waals surface area contributed by atoms with Gasteiger partial charge in [-0.1, -0.05) is 12.1 Å². The summed E-state index contributed by atoms with van der Waals surface area (Å²) in [5, 5.41) is 9.81. The van der Waals surface area contributed by atoms with Crippen LogP contribution >= 0.6 is 11.8 Å². The van der Waals surface area contributed by atoms with Crippen molar-refractivity contribution >= 4 is 11.8 Å². The van der Waals surface area contributed by atoms with Gasteiger partial charge >= 0.3 is 0 Å². The van der Waals surface area contributed by atoms with Gasteiger partial charge < -0.3 is 4.57 Å². The highest BCUT2D eigenvalue weighted by Gasteiger charge is 2.18. The summed E-state index contributed by atoms with van der Waals surface area (Å²) in [5.74, 6) is 0.745. The average molecular weight is 392 g/mol. The van der Waals surface area contributed by atoms with Gasteiger partial charge in [0.05, 0.1) is 5.56 Å². The zero-order valence-corrected chi connectivity index (χ0v) is 16.4. The van der Waals surface area contributed by atoms with Crippen LogP contribution in [0.15, 0.2) is 59.0 Å². The van der Waals surface area contributed by atoms with E-state index in [4.69, 9.17) is 4.98 Å². The third-order valence-electron chi connectivity index (χ3n) is 4.40. The third kappa shape index (κ3) is 3.38. The van der Waals surface area contributed by atoms with Crippen LogP contribution in [0.4, 0.5) is 4.39 Å². The van der Waals surface area contributed by atoms with Gasteiger partial charge in [-0.15, -0.1) is 10.2 Å². The molecule has 4 rings (SSSR count). The summed E-state index contributed by atoms with van der Waals surface area (Å²) in [5.41, 5.74) is 3.11. The second-order valence-electron chi connectivity index (χ2n) is 6.25. The molecule has 0 unspecified atom stereocenters. The second kappa shape index (κ2) is 7.47. The average Bonchev–Trinajstić information content (AvgIpc) is 3.06. The molecule has 28 heavy (non-hydrogen) atoms. The van der Waals surface area contributed by atoms with Crippen molar-refractivity contribution in [1.29, 1.82) is 0 Å². The minimum absolute atomic E-state index is 0.331. The lowest BCUT2D eigenvalue weighted by atomic mass is 10.2. The molecule has 0 aliphatic rings. The Labute approximate surface area is 165 Å². The Kier molecular flexibility index (Phi) is 4.87. The standard InChI is InChI=1S/C20H17FN6S/c1-12-13(2)23-17(14-7-6-10-22-11-14)24-19(12)28-20-26-25-18(27(20)3)15-8-4-5-9-16(15)21/h4-11H,1-3H3. The number of rotatable bonds is 4. The highest BCUT2D eigenvalue weighted by atomic mass is 32.2. The fourth-order valence-corrected chi connectivity index (χ4v) is 3.60. The Morgan fingerprint density at radius 2 is 1.82 bits per heavy atom. The van der Waals surface area contributed by atoms with E-state index in [2.05, 4.69) is 20.2 Å². The molecule has 0 N–H and O–H groups in total. The first-order chi connectivity index (χ1) is 13.5. The molecule has 8 heteroatoms. The summed E-state index contributed by atoms with van der Waals surface area (Å²) in [7, 11) is 1.81. The van der Waals surface area contributed by atoms with E-state index in [1.54, 1.807) is 35.2 Å². The molecule has 0 radical (unpaired) electrons. The van der Waals surface area contributed by atoms with Crippen LogP contribution in [0, 0.1) is 19.7 Å². The number of halogens is 1. The zero-order chi connectivity index (χ0) is 19.7. The largest absolute Gasteiger partial charge is 0.305 e. The molecular weight excluding hydrogens is 375 g/mol. The summed E-state index contributed by atoms with van der Waals surface area (Å²) in [6, 6.07) is 10.3. The Hall–Kier alpha value is -3.13. The van der Waals surface area contributed by atoms with Crippen LogP contribution in [0.3, 0.4) is 0 Å². The number of hydrogen-bond donors (Lipinski definition) is 0. The lowest BCUT2D eigenvalue weighted by molar-refractivity contribution is 0.628. The van der Waals surface area contributed by atoms with Crippen LogP contribution in [0.1, 0.15) is 11.3 Å². The van der Waals surface area contributed by atoms with E-state index in [9.17, 15) is 4.39 Å². The van der Waals surface area contributed by atoms with Gasteiger partial charge in [-0.05, 0) is 49.9 Å². The normalized spacial score (nSPS) is 11.0. The Balaban J connectivity index is 1.72. The van der Waals surface area contributed by atoms with Gasteiger partial charge in [0.2, 0.25) is 0 Å². The van der Waals surface area contributed by atoms with Gasteiger partial charge in [-0.3, -0.25) is 4.98 Å². The Morgan fingerprint density at radius 1 is 1.00 bits per heavy atom. The summed E-state index contributed by atoms with van der Waals surface area (Å²) in [6.45, 7) is 3.92. The fourth-order valence-electron chi connectivity index (χ4n) is 2.69. The lowest BCUT2D eigenvalue weighted by Crippen LogP contribution is -2.01. The molecule has 0 saturated heterocycles. The predicted octanol–water partition coefficient (Wildman–Crippen LogP) is 4.24. The maximum absolute atomic E-state index is 14.1. The van der Waals surface area contributed by atoms with Crippen molar-refractivity contribution in [2.24, 2.45) is 7.05 Å². The number of aromatic nitrogens is 6. The second-order valence-corrected chi connectivity index (χ2v) is 7.21. The molecule has 0 amide bonds. The van der Waals surface area contributed by atoms with E-state index < -0.39 is 0 Å². The van der Waals surface area contributed by atoms with E-state index in [1.165, 1.54) is 17.8 Å². The van der Waals surface area contributed by atoms with Crippen LogP contribution in [0.25, 0.3) is 22.8 Å². The summed E-state index contributed by atoms with van der Waals surface area (Å²) < 4.78 is 15.9. The quantitative estimate of drug-likeness (QED) is 0.484. The van der Waals surface area contributed by atoms with E-state index in [1.807, 2.05) is 33.0 Å². The molecule has 0 aliphatic heterocycles. The Morgan fingerprint density at radius 3 is 2.57 bits per heavy atom. The molecule has 140 valence electrons. The van der Waals surface area contributed by atoms with Crippen LogP contribution < -0.4 is 0 Å². The molecule has 0 fully saturated rings. The van der Waals surface area contributed by atoms with Gasteiger partial charge in [0.1, 0.15) is 10.8 Å². The molecule has 6 nitrogen and oxygen atoms in total. The molecule has 1 aromatic carbocycles. The van der Waals surface area contributed by atoms with Crippen LogP contribution in [-0.2, 0) is 7.05 Å². The van der Waals surface area contributed by atoms with Crippen LogP contribution in [0.5, 0.6) is 0 Å². The first-order valence-electron chi connectivity index (χ1n) is 8.62. The topological polar surface area (TPSA) is 69.4 Å². The maximum atomic E-state index is 14.1.